The first-order valence-corrected chi connectivity index (χ1v) is 7.04. The molecule has 4 N–H and O–H groups in total. The van der Waals surface area contributed by atoms with Crippen LogP contribution < -0.4 is 16.2 Å². The van der Waals surface area contributed by atoms with Gasteiger partial charge >= 0.3 is 6.18 Å². The second-order valence-corrected chi connectivity index (χ2v) is 5.02. The molecular weight excluding hydrogens is 345 g/mol. The Bertz CT molecular complexity index is 495. The van der Waals surface area contributed by atoms with E-state index in [-0.39, 0.29) is 17.4 Å². The number of nitrogens with two attached hydrogens (primary N) is 1. The predicted octanol–water partition coefficient (Wildman–Crippen LogP) is 1.59. The van der Waals surface area contributed by atoms with Crippen LogP contribution in [-0.2, 0) is 10.9 Å². The lowest BCUT2D eigenvalue weighted by molar-refractivity contribution is -0.137. The minimum absolute atomic E-state index is 0.00790. The molecule has 0 radical (unpaired) electrons. The zero-order valence-corrected chi connectivity index (χ0v) is 13.2. The van der Waals surface area contributed by atoms with Gasteiger partial charge in [0.25, 0.3) is 0 Å². The van der Waals surface area contributed by atoms with Crippen LogP contribution in [0.5, 0.6) is 0 Å². The van der Waals surface area contributed by atoms with Crippen molar-refractivity contribution in [2.75, 3.05) is 18.2 Å². The van der Waals surface area contributed by atoms with Crippen molar-refractivity contribution in [2.45, 2.75) is 24.9 Å². The number of hydrogen-bond donors (Lipinski definition) is 4. The third-order valence-electron chi connectivity index (χ3n) is 2.49. The molecule has 0 saturated carbocycles. The first-order chi connectivity index (χ1) is 10.2. The van der Waals surface area contributed by atoms with E-state index in [1.165, 1.54) is 0 Å². The molecule has 0 aromatic carbocycles. The van der Waals surface area contributed by atoms with E-state index in [0.29, 0.717) is 12.8 Å². The third-order valence-corrected chi connectivity index (χ3v) is 3.20. The van der Waals surface area contributed by atoms with E-state index in [2.05, 4.69) is 22.9 Å². The smallest absolute Gasteiger partial charge is 0.367 e. The molecule has 2 atom stereocenters. The van der Waals surface area contributed by atoms with Gasteiger partial charge in [0.05, 0.1) is 10.6 Å². The maximum Gasteiger partial charge on any atom is 0.417 e. The fourth-order valence-corrected chi connectivity index (χ4v) is 1.93. The van der Waals surface area contributed by atoms with Gasteiger partial charge in [0, 0.05) is 19.3 Å². The summed E-state index contributed by atoms with van der Waals surface area (Å²) in [6, 6.07) is 0.722. The summed E-state index contributed by atoms with van der Waals surface area (Å²) in [5, 5.41) is 12.8. The first-order valence-electron chi connectivity index (χ1n) is 6.14. The Morgan fingerprint density at radius 3 is 2.73 bits per heavy atom. The number of ether oxygens (including phenoxy) is 1. The van der Waals surface area contributed by atoms with Gasteiger partial charge in [-0.15, -0.1) is 12.6 Å². The van der Waals surface area contributed by atoms with Gasteiger partial charge in [-0.05, 0) is 13.0 Å². The molecule has 1 aromatic rings. The molecule has 0 aliphatic rings. The number of aromatic nitrogens is 1. The standard InChI is InChI=1S/C11H16ClF3N4O2S/c1-2-21-8(20)5-18-10(22)19(16)9-7(12)3-6(4-17-9)11(13,14)15/h3-4,8,10,18,20,22H,2,5,16H2,1H3/t8-,10+/m0/s1. The Morgan fingerprint density at radius 1 is 1.59 bits per heavy atom. The quantitative estimate of drug-likeness (QED) is 0.256. The van der Waals surface area contributed by atoms with Crippen LogP contribution in [0.4, 0.5) is 19.0 Å². The van der Waals surface area contributed by atoms with Crippen LogP contribution in [0.3, 0.4) is 0 Å². The molecule has 1 heterocycles. The van der Waals surface area contributed by atoms with E-state index in [1.54, 1.807) is 6.92 Å². The Labute approximate surface area is 135 Å². The summed E-state index contributed by atoms with van der Waals surface area (Å²) in [6.07, 6.45) is -4.99. The molecule has 0 unspecified atom stereocenters. The van der Waals surface area contributed by atoms with Crippen molar-refractivity contribution in [3.05, 3.63) is 22.8 Å². The van der Waals surface area contributed by atoms with E-state index in [4.69, 9.17) is 22.2 Å². The number of anilines is 1. The summed E-state index contributed by atoms with van der Waals surface area (Å²) in [5.41, 5.74) is -1.83. The van der Waals surface area contributed by atoms with E-state index in [9.17, 15) is 18.3 Å². The Morgan fingerprint density at radius 2 is 2.23 bits per heavy atom. The molecule has 0 saturated heterocycles. The number of aliphatic hydroxyl groups is 1. The number of nitrogens with one attached hydrogen (secondary N) is 1. The number of hydrazine groups is 1. The maximum absolute atomic E-state index is 12.5. The van der Waals surface area contributed by atoms with E-state index in [0.717, 1.165) is 11.1 Å². The summed E-state index contributed by atoms with van der Waals surface area (Å²) >= 11 is 9.88. The molecule has 0 aliphatic carbocycles. The zero-order chi connectivity index (χ0) is 16.9. The van der Waals surface area contributed by atoms with Crippen molar-refractivity contribution in [1.29, 1.82) is 0 Å². The highest BCUT2D eigenvalue weighted by Gasteiger charge is 2.32. The van der Waals surface area contributed by atoms with Gasteiger partial charge in [-0.2, -0.15) is 13.2 Å². The molecule has 11 heteroatoms. The summed E-state index contributed by atoms with van der Waals surface area (Å²) in [6.45, 7) is 2.04. The maximum atomic E-state index is 12.5. The zero-order valence-electron chi connectivity index (χ0n) is 11.5. The molecule has 0 spiro atoms. The lowest BCUT2D eigenvalue weighted by Gasteiger charge is -2.27. The molecule has 0 amide bonds. The number of hydrogen-bond acceptors (Lipinski definition) is 7. The van der Waals surface area contributed by atoms with Gasteiger partial charge in [0.15, 0.2) is 12.1 Å². The highest BCUT2D eigenvalue weighted by Crippen LogP contribution is 2.33. The largest absolute Gasteiger partial charge is 0.417 e. The van der Waals surface area contributed by atoms with Crippen molar-refractivity contribution in [2.24, 2.45) is 5.84 Å². The van der Waals surface area contributed by atoms with Crippen LogP contribution in [-0.4, -0.2) is 35.0 Å². The summed E-state index contributed by atoms with van der Waals surface area (Å²) in [5.74, 6) is 5.61. The van der Waals surface area contributed by atoms with Crippen LogP contribution in [0.1, 0.15) is 12.5 Å². The predicted molar refractivity (Wildman–Crippen MR) is 79.3 cm³/mol. The molecule has 0 fully saturated rings. The van der Waals surface area contributed by atoms with Crippen LogP contribution in [0, 0.1) is 0 Å². The first kappa shape index (κ1) is 19.3. The van der Waals surface area contributed by atoms with Crippen LogP contribution in [0.2, 0.25) is 5.02 Å². The van der Waals surface area contributed by atoms with Gasteiger partial charge < -0.3 is 9.84 Å². The topological polar surface area (TPSA) is 83.6 Å². The van der Waals surface area contributed by atoms with Crippen LogP contribution in [0.25, 0.3) is 0 Å². The third kappa shape index (κ3) is 5.45. The highest BCUT2D eigenvalue weighted by atomic mass is 35.5. The van der Waals surface area contributed by atoms with Crippen LogP contribution in [0.15, 0.2) is 12.3 Å². The van der Waals surface area contributed by atoms with Gasteiger partial charge in [-0.25, -0.2) is 10.8 Å². The van der Waals surface area contributed by atoms with E-state index < -0.39 is 23.5 Å². The monoisotopic (exact) mass is 360 g/mol. The molecule has 0 aliphatic heterocycles. The average molecular weight is 361 g/mol. The fourth-order valence-electron chi connectivity index (χ4n) is 1.45. The fraction of sp³-hybridized carbons (Fsp3) is 0.545. The van der Waals surface area contributed by atoms with Gasteiger partial charge in [0.2, 0.25) is 0 Å². The highest BCUT2D eigenvalue weighted by molar-refractivity contribution is 7.81. The summed E-state index contributed by atoms with van der Waals surface area (Å²) < 4.78 is 42.5. The van der Waals surface area contributed by atoms with Crippen molar-refractivity contribution in [3.63, 3.8) is 0 Å². The Balaban J connectivity index is 2.74. The van der Waals surface area contributed by atoms with Gasteiger partial charge in [-0.1, -0.05) is 11.6 Å². The Hall–Kier alpha value is -0.780. The number of nitrogens with zero attached hydrogens (tertiary/aromatic N) is 2. The number of thiol groups is 1. The van der Waals surface area contributed by atoms with Crippen molar-refractivity contribution < 1.29 is 23.0 Å². The molecule has 1 aromatic heterocycles. The second kappa shape index (κ2) is 8.18. The van der Waals surface area contributed by atoms with Crippen LogP contribution >= 0.6 is 24.2 Å². The molecule has 22 heavy (non-hydrogen) atoms. The number of pyridine rings is 1. The summed E-state index contributed by atoms with van der Waals surface area (Å²) in [4.78, 5) is 3.60. The minimum Gasteiger partial charge on any atom is -0.367 e. The number of halogens is 4. The molecule has 126 valence electrons. The van der Waals surface area contributed by atoms with Crippen molar-refractivity contribution in [1.82, 2.24) is 10.3 Å². The minimum atomic E-state index is -4.55. The van der Waals surface area contributed by atoms with Gasteiger partial charge in [-0.3, -0.25) is 10.3 Å². The normalized spacial score (nSPS) is 14.7. The number of rotatable bonds is 7. The molecule has 0 bridgehead atoms. The molecular formula is C11H16ClF3N4O2S. The summed E-state index contributed by atoms with van der Waals surface area (Å²) in [7, 11) is 0. The SMILES string of the molecule is CCO[C@H](O)CN[C@@H](S)N(N)c1ncc(C(F)(F)F)cc1Cl. The second-order valence-electron chi connectivity index (χ2n) is 4.13. The lowest BCUT2D eigenvalue weighted by Crippen LogP contribution is -2.49. The van der Waals surface area contributed by atoms with E-state index >= 15 is 0 Å². The van der Waals surface area contributed by atoms with Crippen molar-refractivity contribution in [3.8, 4) is 0 Å². The van der Waals surface area contributed by atoms with E-state index in [1.807, 2.05) is 0 Å². The number of aliphatic hydroxyl groups excluding tert-OH is 1. The average Bonchev–Trinajstić information content (AvgIpc) is 2.43. The van der Waals surface area contributed by atoms with Gasteiger partial charge in [0.1, 0.15) is 5.50 Å². The molecule has 6 nitrogen and oxygen atoms in total. The Kier molecular flexibility index (Phi) is 7.16. The van der Waals surface area contributed by atoms with Crippen molar-refractivity contribution >= 4 is 30.0 Å². The lowest BCUT2D eigenvalue weighted by atomic mass is 10.3. The number of alkyl halides is 3. The molecule has 1 rings (SSSR count).